The van der Waals surface area contributed by atoms with Gasteiger partial charge in [-0.05, 0) is 49.6 Å². The number of hydrogen-bond acceptors (Lipinski definition) is 3. The molecule has 1 aliphatic rings. The van der Waals surface area contributed by atoms with Crippen LogP contribution in [-0.2, 0) is 0 Å². The number of carbonyl (C=O) groups excluding carboxylic acids is 1. The van der Waals surface area contributed by atoms with Gasteiger partial charge in [-0.3, -0.25) is 9.78 Å². The van der Waals surface area contributed by atoms with E-state index in [4.69, 9.17) is 0 Å². The van der Waals surface area contributed by atoms with Crippen molar-refractivity contribution in [3.8, 4) is 0 Å². The predicted molar refractivity (Wildman–Crippen MR) is 91.4 cm³/mol. The molecule has 1 N–H and O–H groups in total. The fourth-order valence-corrected chi connectivity index (χ4v) is 3.02. The van der Waals surface area contributed by atoms with Crippen molar-refractivity contribution in [2.45, 2.75) is 19.3 Å². The molecule has 2 heterocycles. The third-order valence-electron chi connectivity index (χ3n) is 3.74. The number of pyridine rings is 1. The lowest BCUT2D eigenvalue weighted by Gasteiger charge is -2.26. The van der Waals surface area contributed by atoms with Crippen LogP contribution in [0.25, 0.3) is 0 Å². The number of halogens is 1. The summed E-state index contributed by atoms with van der Waals surface area (Å²) in [7, 11) is 0. The summed E-state index contributed by atoms with van der Waals surface area (Å²) >= 11 is 3.45. The second kappa shape index (κ2) is 6.92. The highest BCUT2D eigenvalue weighted by atomic mass is 79.9. The maximum absolute atomic E-state index is 12.5. The van der Waals surface area contributed by atoms with E-state index in [-0.39, 0.29) is 5.91 Å². The highest BCUT2D eigenvalue weighted by Crippen LogP contribution is 2.21. The molecule has 1 saturated heterocycles. The topological polar surface area (TPSA) is 45.2 Å². The first-order chi connectivity index (χ1) is 10.7. The average Bonchev–Trinajstić information content (AvgIpc) is 2.55. The molecule has 5 heteroatoms. The molecule has 0 radical (unpaired) electrons. The zero-order valence-corrected chi connectivity index (χ0v) is 13.8. The van der Waals surface area contributed by atoms with Crippen LogP contribution in [0.15, 0.2) is 47.1 Å². The molecule has 0 bridgehead atoms. The van der Waals surface area contributed by atoms with E-state index in [0.717, 1.165) is 41.8 Å². The maximum atomic E-state index is 12.5. The number of benzene rings is 1. The number of rotatable bonds is 3. The van der Waals surface area contributed by atoms with E-state index < -0.39 is 0 Å². The Balaban J connectivity index is 1.75. The molecule has 0 atom stereocenters. The molecule has 3 rings (SSSR count). The van der Waals surface area contributed by atoms with Crippen molar-refractivity contribution in [3.05, 3.63) is 52.8 Å². The van der Waals surface area contributed by atoms with Gasteiger partial charge in [-0.1, -0.05) is 22.0 Å². The molecule has 1 aromatic carbocycles. The quantitative estimate of drug-likeness (QED) is 0.892. The lowest BCUT2D eigenvalue weighted by molar-refractivity contribution is 0.0718. The minimum atomic E-state index is 0.0255. The zero-order chi connectivity index (χ0) is 15.4. The molecule has 0 saturated carbocycles. The third-order valence-corrected chi connectivity index (χ3v) is 4.23. The van der Waals surface area contributed by atoms with Crippen LogP contribution >= 0.6 is 15.9 Å². The highest BCUT2D eigenvalue weighted by Gasteiger charge is 2.19. The van der Waals surface area contributed by atoms with Crippen molar-refractivity contribution in [3.63, 3.8) is 0 Å². The van der Waals surface area contributed by atoms with Crippen LogP contribution in [0.2, 0.25) is 0 Å². The summed E-state index contributed by atoms with van der Waals surface area (Å²) in [5, 5.41) is 3.30. The van der Waals surface area contributed by atoms with Crippen molar-refractivity contribution in [2.24, 2.45) is 0 Å². The van der Waals surface area contributed by atoms with Crippen molar-refractivity contribution >= 4 is 33.2 Å². The van der Waals surface area contributed by atoms with Gasteiger partial charge < -0.3 is 10.2 Å². The fourth-order valence-electron chi connectivity index (χ4n) is 2.62. The number of nitrogens with one attached hydrogen (secondary N) is 1. The molecule has 0 unspecified atom stereocenters. The Labute approximate surface area is 138 Å². The molecule has 0 spiro atoms. The molecule has 0 aliphatic carbocycles. The van der Waals surface area contributed by atoms with Gasteiger partial charge in [0.1, 0.15) is 5.69 Å². The summed E-state index contributed by atoms with van der Waals surface area (Å²) in [5.41, 5.74) is 2.34. The van der Waals surface area contributed by atoms with Crippen LogP contribution in [-0.4, -0.2) is 28.9 Å². The Morgan fingerprint density at radius 1 is 1.09 bits per heavy atom. The van der Waals surface area contributed by atoms with Crippen molar-refractivity contribution < 1.29 is 4.79 Å². The summed E-state index contributed by atoms with van der Waals surface area (Å²) < 4.78 is 1.01. The Morgan fingerprint density at radius 3 is 2.64 bits per heavy atom. The molecular formula is C17H18BrN3O. The van der Waals surface area contributed by atoms with E-state index in [9.17, 15) is 4.79 Å². The number of likely N-dealkylation sites (tertiary alicyclic amines) is 1. The van der Waals surface area contributed by atoms with Crippen molar-refractivity contribution in [2.75, 3.05) is 18.4 Å². The molecule has 1 amide bonds. The van der Waals surface area contributed by atoms with Crippen molar-refractivity contribution in [1.82, 2.24) is 9.88 Å². The molecule has 1 aliphatic heterocycles. The summed E-state index contributed by atoms with van der Waals surface area (Å²) in [6.45, 7) is 1.67. The van der Waals surface area contributed by atoms with Crippen molar-refractivity contribution in [1.29, 1.82) is 0 Å². The molecule has 4 nitrogen and oxygen atoms in total. The van der Waals surface area contributed by atoms with E-state index in [0.29, 0.717) is 5.69 Å². The smallest absolute Gasteiger partial charge is 0.272 e. The first kappa shape index (κ1) is 15.0. The van der Waals surface area contributed by atoms with Gasteiger partial charge in [-0.2, -0.15) is 0 Å². The van der Waals surface area contributed by atoms with Gasteiger partial charge in [-0.15, -0.1) is 0 Å². The third kappa shape index (κ3) is 3.65. The summed E-state index contributed by atoms with van der Waals surface area (Å²) in [5.74, 6) is 0.0255. The fraction of sp³-hybridized carbons (Fsp3) is 0.294. The normalized spacial score (nSPS) is 14.7. The summed E-state index contributed by atoms with van der Waals surface area (Å²) in [6.07, 6.45) is 5.06. The minimum absolute atomic E-state index is 0.0255. The zero-order valence-electron chi connectivity index (χ0n) is 12.3. The van der Waals surface area contributed by atoms with E-state index >= 15 is 0 Å². The summed E-state index contributed by atoms with van der Waals surface area (Å²) in [6, 6.07) is 11.6. The molecular weight excluding hydrogens is 342 g/mol. The number of hydrogen-bond donors (Lipinski definition) is 1. The monoisotopic (exact) mass is 359 g/mol. The predicted octanol–water partition coefficient (Wildman–Crippen LogP) is 4.21. The van der Waals surface area contributed by atoms with Gasteiger partial charge in [0.15, 0.2) is 0 Å². The molecule has 22 heavy (non-hydrogen) atoms. The Kier molecular flexibility index (Phi) is 4.73. The largest absolute Gasteiger partial charge is 0.355 e. The van der Waals surface area contributed by atoms with Crippen LogP contribution < -0.4 is 5.32 Å². The van der Waals surface area contributed by atoms with E-state index in [1.807, 2.05) is 41.3 Å². The van der Waals surface area contributed by atoms with E-state index in [1.54, 1.807) is 6.20 Å². The van der Waals surface area contributed by atoms with Gasteiger partial charge in [0.05, 0.1) is 0 Å². The molecule has 1 aromatic heterocycles. The average molecular weight is 360 g/mol. The van der Waals surface area contributed by atoms with E-state index in [1.165, 1.54) is 6.42 Å². The van der Waals surface area contributed by atoms with Crippen LogP contribution in [0.3, 0.4) is 0 Å². The van der Waals surface area contributed by atoms with Crippen LogP contribution in [0.5, 0.6) is 0 Å². The molecule has 2 aromatic rings. The van der Waals surface area contributed by atoms with E-state index in [2.05, 4.69) is 26.2 Å². The number of amides is 1. The van der Waals surface area contributed by atoms with Crippen LogP contribution in [0.4, 0.5) is 11.4 Å². The first-order valence-electron chi connectivity index (χ1n) is 7.50. The van der Waals surface area contributed by atoms with Gasteiger partial charge in [0.25, 0.3) is 5.91 Å². The van der Waals surface area contributed by atoms with Crippen LogP contribution in [0, 0.1) is 0 Å². The number of aromatic nitrogens is 1. The summed E-state index contributed by atoms with van der Waals surface area (Å²) in [4.78, 5) is 18.6. The minimum Gasteiger partial charge on any atom is -0.355 e. The van der Waals surface area contributed by atoms with Crippen LogP contribution in [0.1, 0.15) is 29.8 Å². The molecule has 114 valence electrons. The number of piperidine rings is 1. The second-order valence-electron chi connectivity index (χ2n) is 5.42. The standard InChI is InChI=1S/C17H18BrN3O/c18-13-5-4-6-14(11-13)20-15-7-8-19-16(12-15)17(22)21-9-2-1-3-10-21/h4-8,11-12H,1-3,9-10H2,(H,19,20). The lowest BCUT2D eigenvalue weighted by atomic mass is 10.1. The number of nitrogens with zero attached hydrogens (tertiary/aromatic N) is 2. The van der Waals surface area contributed by atoms with Gasteiger partial charge in [0, 0.05) is 35.1 Å². The highest BCUT2D eigenvalue weighted by molar-refractivity contribution is 9.10. The van der Waals surface area contributed by atoms with Gasteiger partial charge in [0.2, 0.25) is 0 Å². The SMILES string of the molecule is O=C(c1cc(Nc2cccc(Br)c2)ccn1)N1CCCCC1. The lowest BCUT2D eigenvalue weighted by Crippen LogP contribution is -2.36. The Morgan fingerprint density at radius 2 is 1.86 bits per heavy atom. The van der Waals surface area contributed by atoms with Gasteiger partial charge in [-0.25, -0.2) is 0 Å². The number of anilines is 2. The number of carbonyl (C=O) groups is 1. The Bertz CT molecular complexity index is 668. The Hall–Kier alpha value is -1.88. The second-order valence-corrected chi connectivity index (χ2v) is 6.33. The first-order valence-corrected chi connectivity index (χ1v) is 8.29. The van der Waals surface area contributed by atoms with Gasteiger partial charge >= 0.3 is 0 Å². The molecule has 1 fully saturated rings. The maximum Gasteiger partial charge on any atom is 0.272 e.